The van der Waals surface area contributed by atoms with E-state index in [1.54, 1.807) is 6.07 Å². The van der Waals surface area contributed by atoms with Crippen molar-refractivity contribution in [3.8, 4) is 5.75 Å². The molecule has 94 valence electrons. The largest absolute Gasteiger partial charge is 0.494 e. The van der Waals surface area contributed by atoms with E-state index in [0.29, 0.717) is 11.7 Å². The number of halogens is 1. The van der Waals surface area contributed by atoms with Gasteiger partial charge in [0.2, 0.25) is 0 Å². The fourth-order valence-corrected chi connectivity index (χ4v) is 2.17. The minimum absolute atomic E-state index is 0.308. The summed E-state index contributed by atoms with van der Waals surface area (Å²) in [6, 6.07) is 5.06. The zero-order chi connectivity index (χ0) is 12.3. The molecule has 1 aromatic carbocycles. The van der Waals surface area contributed by atoms with Crippen LogP contribution >= 0.6 is 0 Å². The van der Waals surface area contributed by atoms with E-state index < -0.39 is 0 Å². The highest BCUT2D eigenvalue weighted by Crippen LogP contribution is 2.25. The Morgan fingerprint density at radius 3 is 3.06 bits per heavy atom. The fourth-order valence-electron chi connectivity index (χ4n) is 2.17. The molecule has 1 fully saturated rings. The topological polar surface area (TPSA) is 24.5 Å². The molecule has 1 unspecified atom stereocenters. The third kappa shape index (κ3) is 2.88. The zero-order valence-electron chi connectivity index (χ0n) is 10.4. The van der Waals surface area contributed by atoms with E-state index in [4.69, 9.17) is 4.74 Å². The van der Waals surface area contributed by atoms with Crippen LogP contribution in [0.3, 0.4) is 0 Å². The molecule has 0 aromatic heterocycles. The van der Waals surface area contributed by atoms with Gasteiger partial charge in [-0.05, 0) is 24.6 Å². The average Bonchev–Trinajstić information content (AvgIpc) is 2.54. The number of anilines is 1. The number of rotatable bonds is 2. The third-order valence-corrected chi connectivity index (χ3v) is 3.08. The molecule has 0 radical (unpaired) electrons. The van der Waals surface area contributed by atoms with Crippen molar-refractivity contribution in [2.75, 3.05) is 38.2 Å². The second-order valence-corrected chi connectivity index (χ2v) is 4.57. The lowest BCUT2D eigenvalue weighted by Crippen LogP contribution is -2.29. The van der Waals surface area contributed by atoms with E-state index in [-0.39, 0.29) is 5.82 Å². The van der Waals surface area contributed by atoms with Crippen molar-refractivity contribution in [3.63, 3.8) is 0 Å². The highest BCUT2D eigenvalue weighted by molar-refractivity contribution is 5.51. The van der Waals surface area contributed by atoms with Crippen LogP contribution in [0.5, 0.6) is 5.75 Å². The number of ether oxygens (including phenoxy) is 1. The quantitative estimate of drug-likeness (QED) is 0.851. The SMILES string of the molecule is COc1cc(N2CCNCC(C)C2)ccc1F. The van der Waals surface area contributed by atoms with Crippen molar-refractivity contribution in [2.24, 2.45) is 5.92 Å². The van der Waals surface area contributed by atoms with Gasteiger partial charge >= 0.3 is 0 Å². The van der Waals surface area contributed by atoms with Gasteiger partial charge in [-0.2, -0.15) is 0 Å². The van der Waals surface area contributed by atoms with Gasteiger partial charge in [0, 0.05) is 31.4 Å². The molecular formula is C13H19FN2O. The molecule has 4 heteroatoms. The number of hydrogen-bond acceptors (Lipinski definition) is 3. The summed E-state index contributed by atoms with van der Waals surface area (Å²) < 4.78 is 18.4. The molecule has 1 N–H and O–H groups in total. The highest BCUT2D eigenvalue weighted by Gasteiger charge is 2.16. The molecule has 1 aliphatic heterocycles. The maximum absolute atomic E-state index is 13.3. The maximum atomic E-state index is 13.3. The molecule has 2 rings (SSSR count). The summed E-state index contributed by atoms with van der Waals surface area (Å²) in [6.07, 6.45) is 0. The lowest BCUT2D eigenvalue weighted by molar-refractivity contribution is 0.386. The van der Waals surface area contributed by atoms with E-state index in [1.807, 2.05) is 6.07 Å². The number of nitrogens with one attached hydrogen (secondary N) is 1. The standard InChI is InChI=1S/C13H19FN2O/c1-10-8-15-5-6-16(9-10)11-3-4-12(14)13(7-11)17-2/h3-4,7,10,15H,5-6,8-9H2,1-2H3. The van der Waals surface area contributed by atoms with Gasteiger partial charge in [0.05, 0.1) is 7.11 Å². The lowest BCUT2D eigenvalue weighted by atomic mass is 10.1. The van der Waals surface area contributed by atoms with Crippen LogP contribution in [-0.2, 0) is 0 Å². The first-order valence-electron chi connectivity index (χ1n) is 6.00. The minimum atomic E-state index is -0.308. The predicted octanol–water partition coefficient (Wildman–Crippen LogP) is 1.88. The summed E-state index contributed by atoms with van der Waals surface area (Å²) in [6.45, 7) is 6.14. The van der Waals surface area contributed by atoms with Crippen molar-refractivity contribution in [1.82, 2.24) is 5.32 Å². The second-order valence-electron chi connectivity index (χ2n) is 4.57. The van der Waals surface area contributed by atoms with E-state index in [1.165, 1.54) is 13.2 Å². The second kappa shape index (κ2) is 5.36. The first-order chi connectivity index (χ1) is 8.20. The van der Waals surface area contributed by atoms with E-state index in [9.17, 15) is 4.39 Å². The summed E-state index contributed by atoms with van der Waals surface area (Å²) in [4.78, 5) is 2.27. The molecule has 1 saturated heterocycles. The van der Waals surface area contributed by atoms with Gasteiger partial charge in [0.25, 0.3) is 0 Å². The number of hydrogen-bond donors (Lipinski definition) is 1. The first kappa shape index (κ1) is 12.2. The number of nitrogens with zero attached hydrogens (tertiary/aromatic N) is 1. The van der Waals surface area contributed by atoms with Gasteiger partial charge < -0.3 is 15.0 Å². The van der Waals surface area contributed by atoms with Gasteiger partial charge in [-0.3, -0.25) is 0 Å². The van der Waals surface area contributed by atoms with Crippen LogP contribution in [0, 0.1) is 11.7 Å². The van der Waals surface area contributed by atoms with Crippen LogP contribution < -0.4 is 15.0 Å². The van der Waals surface area contributed by atoms with Gasteiger partial charge in [-0.15, -0.1) is 0 Å². The van der Waals surface area contributed by atoms with Crippen molar-refractivity contribution in [2.45, 2.75) is 6.92 Å². The third-order valence-electron chi connectivity index (χ3n) is 3.08. The van der Waals surface area contributed by atoms with Crippen LogP contribution in [0.2, 0.25) is 0 Å². The minimum Gasteiger partial charge on any atom is -0.494 e. The highest BCUT2D eigenvalue weighted by atomic mass is 19.1. The average molecular weight is 238 g/mol. The molecule has 0 saturated carbocycles. The Morgan fingerprint density at radius 2 is 2.29 bits per heavy atom. The molecule has 0 aliphatic carbocycles. The Hall–Kier alpha value is -1.29. The van der Waals surface area contributed by atoms with Gasteiger partial charge in [-0.25, -0.2) is 4.39 Å². The van der Waals surface area contributed by atoms with Gasteiger partial charge in [0.15, 0.2) is 11.6 Å². The van der Waals surface area contributed by atoms with E-state index >= 15 is 0 Å². The van der Waals surface area contributed by atoms with Crippen molar-refractivity contribution in [1.29, 1.82) is 0 Å². The molecule has 0 spiro atoms. The summed E-state index contributed by atoms with van der Waals surface area (Å²) in [5.41, 5.74) is 1.03. The van der Waals surface area contributed by atoms with Crippen LogP contribution in [0.1, 0.15) is 6.92 Å². The number of methoxy groups -OCH3 is 1. The van der Waals surface area contributed by atoms with Crippen molar-refractivity contribution < 1.29 is 9.13 Å². The molecule has 17 heavy (non-hydrogen) atoms. The molecular weight excluding hydrogens is 219 g/mol. The van der Waals surface area contributed by atoms with Gasteiger partial charge in [0.1, 0.15) is 0 Å². The Labute approximate surface area is 102 Å². The molecule has 1 heterocycles. The van der Waals surface area contributed by atoms with Crippen LogP contribution in [0.15, 0.2) is 18.2 Å². The Kier molecular flexibility index (Phi) is 3.84. The molecule has 1 atom stereocenters. The van der Waals surface area contributed by atoms with E-state index in [2.05, 4.69) is 17.1 Å². The fraction of sp³-hybridized carbons (Fsp3) is 0.538. The maximum Gasteiger partial charge on any atom is 0.165 e. The summed E-state index contributed by atoms with van der Waals surface area (Å²) >= 11 is 0. The zero-order valence-corrected chi connectivity index (χ0v) is 10.4. The lowest BCUT2D eigenvalue weighted by Gasteiger charge is -2.25. The molecule has 3 nitrogen and oxygen atoms in total. The van der Waals surface area contributed by atoms with Crippen molar-refractivity contribution in [3.05, 3.63) is 24.0 Å². The van der Waals surface area contributed by atoms with Crippen LogP contribution in [0.4, 0.5) is 10.1 Å². The normalized spacial score (nSPS) is 21.1. The Bertz CT molecular complexity index is 384. The van der Waals surface area contributed by atoms with Gasteiger partial charge in [-0.1, -0.05) is 6.92 Å². The Balaban J connectivity index is 2.20. The van der Waals surface area contributed by atoms with Crippen LogP contribution in [-0.4, -0.2) is 33.3 Å². The molecule has 1 aromatic rings. The van der Waals surface area contributed by atoms with E-state index in [0.717, 1.165) is 31.9 Å². The van der Waals surface area contributed by atoms with Crippen LogP contribution in [0.25, 0.3) is 0 Å². The predicted molar refractivity (Wildman–Crippen MR) is 67.2 cm³/mol. The molecule has 0 bridgehead atoms. The smallest absolute Gasteiger partial charge is 0.165 e. The first-order valence-corrected chi connectivity index (χ1v) is 6.00. The summed E-state index contributed by atoms with van der Waals surface area (Å²) in [5, 5.41) is 3.39. The van der Waals surface area contributed by atoms with Crippen molar-refractivity contribution >= 4 is 5.69 Å². The molecule has 0 amide bonds. The monoisotopic (exact) mass is 238 g/mol. The molecule has 1 aliphatic rings. The summed E-state index contributed by atoms with van der Waals surface area (Å²) in [7, 11) is 1.49. The summed E-state index contributed by atoms with van der Waals surface area (Å²) in [5.74, 6) is 0.596. The Morgan fingerprint density at radius 1 is 1.47 bits per heavy atom. The number of benzene rings is 1.